The van der Waals surface area contributed by atoms with Crippen LogP contribution in [0.4, 0.5) is 11.4 Å². The fourth-order valence-electron chi connectivity index (χ4n) is 1.58. The van der Waals surface area contributed by atoms with Crippen molar-refractivity contribution in [1.82, 2.24) is 4.98 Å². The van der Waals surface area contributed by atoms with Crippen LogP contribution in [0.2, 0.25) is 0 Å². The summed E-state index contributed by atoms with van der Waals surface area (Å²) in [7, 11) is -3.91. The molecule has 1 aromatic carbocycles. The zero-order chi connectivity index (χ0) is 15.5. The first-order valence-corrected chi connectivity index (χ1v) is 7.89. The average Bonchev–Trinajstić information content (AvgIpc) is 2.49. The van der Waals surface area contributed by atoms with Crippen molar-refractivity contribution >= 4 is 37.3 Å². The summed E-state index contributed by atoms with van der Waals surface area (Å²) in [6.07, 6.45) is 1.35. The van der Waals surface area contributed by atoms with E-state index in [4.69, 9.17) is 11.1 Å². The standard InChI is InChI=1S/C12H10BrN5O2S/c13-9-6-8(7-14)3-4-10(9)18-21(19,20)12-11(17-15)2-1-5-16-12/h1-6,17-18H,15H2. The van der Waals surface area contributed by atoms with Gasteiger partial charge in [0.15, 0.2) is 0 Å². The normalized spacial score (nSPS) is 10.7. The SMILES string of the molecule is N#Cc1ccc(NS(=O)(=O)c2ncccc2NN)c(Br)c1. The summed E-state index contributed by atoms with van der Waals surface area (Å²) in [6.45, 7) is 0. The van der Waals surface area contributed by atoms with Gasteiger partial charge in [-0.3, -0.25) is 10.6 Å². The second-order valence-corrected chi connectivity index (χ2v) is 6.36. The lowest BCUT2D eigenvalue weighted by Gasteiger charge is -2.11. The minimum Gasteiger partial charge on any atom is -0.321 e. The third kappa shape index (κ3) is 3.30. The summed E-state index contributed by atoms with van der Waals surface area (Å²) in [4.78, 5) is 3.82. The number of aromatic nitrogens is 1. The molecular weight excluding hydrogens is 358 g/mol. The number of hydrazine groups is 1. The summed E-state index contributed by atoms with van der Waals surface area (Å²) in [6, 6.07) is 9.52. The van der Waals surface area contributed by atoms with Crippen LogP contribution in [0.1, 0.15) is 5.56 Å². The zero-order valence-electron chi connectivity index (χ0n) is 10.5. The van der Waals surface area contributed by atoms with Gasteiger partial charge in [-0.05, 0) is 46.3 Å². The van der Waals surface area contributed by atoms with Gasteiger partial charge in [-0.1, -0.05) is 0 Å². The summed E-state index contributed by atoms with van der Waals surface area (Å²) in [5.41, 5.74) is 3.16. The minimum atomic E-state index is -3.91. The van der Waals surface area contributed by atoms with Gasteiger partial charge in [-0.25, -0.2) is 4.98 Å². The number of hydrogen-bond acceptors (Lipinski definition) is 6. The molecule has 0 saturated carbocycles. The zero-order valence-corrected chi connectivity index (χ0v) is 12.9. The number of sulfonamides is 1. The number of nitrogens with zero attached hydrogens (tertiary/aromatic N) is 2. The Labute approximate surface area is 130 Å². The van der Waals surface area contributed by atoms with Crippen LogP contribution in [0.3, 0.4) is 0 Å². The van der Waals surface area contributed by atoms with Crippen LogP contribution in [-0.4, -0.2) is 13.4 Å². The number of rotatable bonds is 4. The van der Waals surface area contributed by atoms with Crippen LogP contribution in [0, 0.1) is 11.3 Å². The maximum absolute atomic E-state index is 12.3. The number of benzene rings is 1. The Morgan fingerprint density at radius 1 is 1.29 bits per heavy atom. The number of hydrogen-bond donors (Lipinski definition) is 3. The Balaban J connectivity index is 2.41. The minimum absolute atomic E-state index is 0.176. The summed E-state index contributed by atoms with van der Waals surface area (Å²) in [5, 5.41) is 8.57. The molecule has 0 aliphatic carbocycles. The highest BCUT2D eigenvalue weighted by Gasteiger charge is 2.21. The van der Waals surface area contributed by atoms with E-state index < -0.39 is 10.0 Å². The lowest BCUT2D eigenvalue weighted by Crippen LogP contribution is -2.19. The van der Waals surface area contributed by atoms with Gasteiger partial charge in [0.1, 0.15) is 0 Å². The predicted octanol–water partition coefficient (Wildman–Crippen LogP) is 1.80. The van der Waals surface area contributed by atoms with Crippen molar-refractivity contribution in [3.63, 3.8) is 0 Å². The summed E-state index contributed by atoms with van der Waals surface area (Å²) in [5.74, 6) is 5.28. The molecule has 0 aliphatic rings. The number of nitrogens with one attached hydrogen (secondary N) is 2. The summed E-state index contributed by atoms with van der Waals surface area (Å²) >= 11 is 3.21. The predicted molar refractivity (Wildman–Crippen MR) is 81.7 cm³/mol. The second kappa shape index (κ2) is 6.09. The molecule has 1 aromatic heterocycles. The van der Waals surface area contributed by atoms with Crippen molar-refractivity contribution in [2.45, 2.75) is 5.03 Å². The van der Waals surface area contributed by atoms with Crippen molar-refractivity contribution < 1.29 is 8.42 Å². The van der Waals surface area contributed by atoms with Gasteiger partial charge in [0, 0.05) is 10.7 Å². The molecule has 4 N–H and O–H groups in total. The first-order valence-electron chi connectivity index (χ1n) is 5.62. The van der Waals surface area contributed by atoms with Gasteiger partial charge >= 0.3 is 0 Å². The smallest absolute Gasteiger partial charge is 0.281 e. The van der Waals surface area contributed by atoms with Gasteiger partial charge in [0.25, 0.3) is 10.0 Å². The van der Waals surface area contributed by atoms with E-state index >= 15 is 0 Å². The van der Waals surface area contributed by atoms with Crippen LogP contribution in [0.5, 0.6) is 0 Å². The maximum Gasteiger partial charge on any atom is 0.281 e. The maximum atomic E-state index is 12.3. The van der Waals surface area contributed by atoms with E-state index in [1.165, 1.54) is 30.5 Å². The van der Waals surface area contributed by atoms with Crippen molar-refractivity contribution in [3.05, 3.63) is 46.6 Å². The Hall–Kier alpha value is -2.15. The van der Waals surface area contributed by atoms with E-state index in [0.29, 0.717) is 15.7 Å². The molecule has 0 aliphatic heterocycles. The molecule has 21 heavy (non-hydrogen) atoms. The molecule has 0 unspecified atom stereocenters. The van der Waals surface area contributed by atoms with Gasteiger partial charge < -0.3 is 5.43 Å². The number of nitriles is 1. The first kappa shape index (κ1) is 15.2. The molecule has 108 valence electrons. The molecule has 0 saturated heterocycles. The molecule has 2 aromatic rings. The highest BCUT2D eigenvalue weighted by molar-refractivity contribution is 9.10. The van der Waals surface area contributed by atoms with Crippen LogP contribution in [0.15, 0.2) is 46.0 Å². The molecule has 0 atom stereocenters. The number of nitrogens with two attached hydrogens (primary N) is 1. The van der Waals surface area contributed by atoms with Crippen molar-refractivity contribution in [1.29, 1.82) is 5.26 Å². The van der Waals surface area contributed by atoms with Gasteiger partial charge in [-0.15, -0.1) is 0 Å². The third-order valence-electron chi connectivity index (χ3n) is 2.52. The van der Waals surface area contributed by atoms with Crippen LogP contribution in [0.25, 0.3) is 0 Å². The van der Waals surface area contributed by atoms with Gasteiger partial charge in [0.05, 0.1) is 23.0 Å². The van der Waals surface area contributed by atoms with Crippen molar-refractivity contribution in [2.75, 3.05) is 10.1 Å². The van der Waals surface area contributed by atoms with E-state index in [0.717, 1.165) is 0 Å². The van der Waals surface area contributed by atoms with Gasteiger partial charge in [-0.2, -0.15) is 13.7 Å². The fraction of sp³-hybridized carbons (Fsp3) is 0. The Morgan fingerprint density at radius 3 is 2.67 bits per heavy atom. The number of pyridine rings is 1. The van der Waals surface area contributed by atoms with E-state index in [1.807, 2.05) is 6.07 Å². The van der Waals surface area contributed by atoms with E-state index in [1.54, 1.807) is 6.07 Å². The lowest BCUT2D eigenvalue weighted by atomic mass is 10.2. The van der Waals surface area contributed by atoms with E-state index in [9.17, 15) is 8.42 Å². The van der Waals surface area contributed by atoms with Crippen LogP contribution in [-0.2, 0) is 10.0 Å². The molecule has 1 heterocycles. The first-order chi connectivity index (χ1) is 9.97. The Morgan fingerprint density at radius 2 is 2.05 bits per heavy atom. The molecule has 9 heteroatoms. The molecule has 0 radical (unpaired) electrons. The number of nitrogen functional groups attached to an aromatic ring is 1. The Kier molecular flexibility index (Phi) is 4.42. The highest BCUT2D eigenvalue weighted by Crippen LogP contribution is 2.27. The molecule has 0 bridgehead atoms. The molecule has 0 fully saturated rings. The molecule has 7 nitrogen and oxygen atoms in total. The number of anilines is 2. The largest absolute Gasteiger partial charge is 0.321 e. The second-order valence-electron chi connectivity index (χ2n) is 3.91. The van der Waals surface area contributed by atoms with Crippen LogP contribution < -0.4 is 16.0 Å². The summed E-state index contributed by atoms with van der Waals surface area (Å²) < 4.78 is 27.5. The van der Waals surface area contributed by atoms with E-state index in [-0.39, 0.29) is 10.7 Å². The van der Waals surface area contributed by atoms with Gasteiger partial charge in [0.2, 0.25) is 5.03 Å². The quantitative estimate of drug-likeness (QED) is 0.559. The van der Waals surface area contributed by atoms with Crippen LogP contribution >= 0.6 is 15.9 Å². The van der Waals surface area contributed by atoms with Crippen molar-refractivity contribution in [3.8, 4) is 6.07 Å². The monoisotopic (exact) mass is 367 g/mol. The lowest BCUT2D eigenvalue weighted by molar-refractivity contribution is 0.598. The molecular formula is C12H10BrN5O2S. The highest BCUT2D eigenvalue weighted by atomic mass is 79.9. The molecule has 0 amide bonds. The fourth-order valence-corrected chi connectivity index (χ4v) is 3.36. The topological polar surface area (TPSA) is 121 Å². The number of halogens is 1. The Bertz CT molecular complexity index is 817. The molecule has 2 rings (SSSR count). The van der Waals surface area contributed by atoms with Crippen molar-refractivity contribution in [2.24, 2.45) is 5.84 Å². The van der Waals surface area contributed by atoms with E-state index in [2.05, 4.69) is 31.1 Å². The molecule has 0 spiro atoms. The third-order valence-corrected chi connectivity index (χ3v) is 4.50. The average molecular weight is 368 g/mol.